The van der Waals surface area contributed by atoms with Crippen molar-refractivity contribution in [3.05, 3.63) is 29.8 Å². The van der Waals surface area contributed by atoms with Crippen LogP contribution in [-0.4, -0.2) is 25.4 Å². The maximum Gasteiger partial charge on any atom is 0.124 e. The molecule has 1 fully saturated rings. The molecule has 2 N–H and O–H groups in total. The largest absolute Gasteiger partial charge is 0.371 e. The second-order valence-corrected chi connectivity index (χ2v) is 4.36. The van der Waals surface area contributed by atoms with Crippen molar-refractivity contribution < 1.29 is 4.79 Å². The van der Waals surface area contributed by atoms with Crippen molar-refractivity contribution in [1.29, 1.82) is 0 Å². The van der Waals surface area contributed by atoms with Gasteiger partial charge in [0, 0.05) is 31.2 Å². The summed E-state index contributed by atoms with van der Waals surface area (Å²) >= 11 is 0. The number of carbonyl (C=O) groups is 1. The maximum atomic E-state index is 10.4. The number of hydrogen-bond donors (Lipinski definition) is 1. The van der Waals surface area contributed by atoms with Gasteiger partial charge in [-0.2, -0.15) is 0 Å². The van der Waals surface area contributed by atoms with E-state index in [0.29, 0.717) is 12.5 Å². The van der Waals surface area contributed by atoms with E-state index in [1.54, 1.807) is 0 Å². The SMILES string of the molecule is NC1CCN(c2ccc(CC=O)cc2)CC1. The van der Waals surface area contributed by atoms with Gasteiger partial charge in [-0.3, -0.25) is 0 Å². The number of hydrogen-bond acceptors (Lipinski definition) is 3. The Morgan fingerprint density at radius 3 is 2.44 bits per heavy atom. The highest BCUT2D eigenvalue weighted by atomic mass is 16.1. The zero-order chi connectivity index (χ0) is 11.4. The predicted molar refractivity (Wildman–Crippen MR) is 65.6 cm³/mol. The molecule has 1 aromatic rings. The van der Waals surface area contributed by atoms with Gasteiger partial charge in [0.2, 0.25) is 0 Å². The van der Waals surface area contributed by atoms with Crippen LogP contribution in [0.1, 0.15) is 18.4 Å². The number of anilines is 1. The molecule has 0 aromatic heterocycles. The number of rotatable bonds is 3. The molecule has 2 rings (SSSR count). The molecule has 0 amide bonds. The van der Waals surface area contributed by atoms with Gasteiger partial charge in [0.25, 0.3) is 0 Å². The minimum absolute atomic E-state index is 0.366. The first-order valence-corrected chi connectivity index (χ1v) is 5.82. The lowest BCUT2D eigenvalue weighted by atomic mass is 10.0. The van der Waals surface area contributed by atoms with Crippen LogP contribution in [0.15, 0.2) is 24.3 Å². The highest BCUT2D eigenvalue weighted by Crippen LogP contribution is 2.19. The number of aldehydes is 1. The van der Waals surface area contributed by atoms with Crippen molar-refractivity contribution in [1.82, 2.24) is 0 Å². The van der Waals surface area contributed by atoms with Gasteiger partial charge in [-0.1, -0.05) is 12.1 Å². The summed E-state index contributed by atoms with van der Waals surface area (Å²) in [5, 5.41) is 0. The van der Waals surface area contributed by atoms with Crippen LogP contribution in [0.5, 0.6) is 0 Å². The molecular weight excluding hydrogens is 200 g/mol. The van der Waals surface area contributed by atoms with E-state index in [-0.39, 0.29) is 0 Å². The highest BCUT2D eigenvalue weighted by Gasteiger charge is 2.15. The van der Waals surface area contributed by atoms with E-state index in [4.69, 9.17) is 5.73 Å². The van der Waals surface area contributed by atoms with Gasteiger partial charge in [-0.05, 0) is 30.5 Å². The van der Waals surface area contributed by atoms with Crippen molar-refractivity contribution in [2.45, 2.75) is 25.3 Å². The van der Waals surface area contributed by atoms with E-state index in [1.807, 2.05) is 12.1 Å². The molecule has 86 valence electrons. The van der Waals surface area contributed by atoms with Crippen molar-refractivity contribution in [3.8, 4) is 0 Å². The van der Waals surface area contributed by atoms with Gasteiger partial charge in [0.05, 0.1) is 0 Å². The lowest BCUT2D eigenvalue weighted by Crippen LogP contribution is -2.39. The molecular formula is C13H18N2O. The minimum atomic E-state index is 0.366. The van der Waals surface area contributed by atoms with Gasteiger partial charge in [-0.15, -0.1) is 0 Å². The van der Waals surface area contributed by atoms with Crippen molar-refractivity contribution in [3.63, 3.8) is 0 Å². The number of piperidine rings is 1. The van der Waals surface area contributed by atoms with E-state index in [0.717, 1.165) is 37.8 Å². The zero-order valence-electron chi connectivity index (χ0n) is 9.43. The van der Waals surface area contributed by atoms with E-state index in [1.165, 1.54) is 5.69 Å². The van der Waals surface area contributed by atoms with Gasteiger partial charge in [0.1, 0.15) is 6.29 Å². The standard InChI is InChI=1S/C13H18N2O/c14-12-5-8-15(9-6-12)13-3-1-11(2-4-13)7-10-16/h1-4,10,12H,5-9,14H2. The summed E-state index contributed by atoms with van der Waals surface area (Å²) in [4.78, 5) is 12.7. The van der Waals surface area contributed by atoms with Crippen LogP contribution in [0.2, 0.25) is 0 Å². The molecule has 1 aliphatic rings. The minimum Gasteiger partial charge on any atom is -0.371 e. The summed E-state index contributed by atoms with van der Waals surface area (Å²) in [6, 6.07) is 8.60. The average molecular weight is 218 g/mol. The lowest BCUT2D eigenvalue weighted by molar-refractivity contribution is -0.107. The number of nitrogens with two attached hydrogens (primary N) is 1. The summed E-state index contributed by atoms with van der Waals surface area (Å²) in [5.41, 5.74) is 8.19. The first kappa shape index (κ1) is 11.1. The lowest BCUT2D eigenvalue weighted by Gasteiger charge is -2.32. The summed E-state index contributed by atoms with van der Waals surface area (Å²) in [7, 11) is 0. The summed E-state index contributed by atoms with van der Waals surface area (Å²) in [5.74, 6) is 0. The van der Waals surface area contributed by atoms with E-state index < -0.39 is 0 Å². The molecule has 0 spiro atoms. The molecule has 0 atom stereocenters. The smallest absolute Gasteiger partial charge is 0.124 e. The summed E-state index contributed by atoms with van der Waals surface area (Å²) < 4.78 is 0. The molecule has 0 bridgehead atoms. The van der Waals surface area contributed by atoms with Crippen LogP contribution in [-0.2, 0) is 11.2 Å². The van der Waals surface area contributed by atoms with Crippen LogP contribution in [0.25, 0.3) is 0 Å². The van der Waals surface area contributed by atoms with Crippen LogP contribution in [0.4, 0.5) is 5.69 Å². The third-order valence-electron chi connectivity index (χ3n) is 3.16. The monoisotopic (exact) mass is 218 g/mol. The Hall–Kier alpha value is -1.35. The van der Waals surface area contributed by atoms with Crippen LogP contribution in [0, 0.1) is 0 Å². The molecule has 1 aromatic carbocycles. The Morgan fingerprint density at radius 1 is 1.25 bits per heavy atom. The van der Waals surface area contributed by atoms with Crippen LogP contribution in [0.3, 0.4) is 0 Å². The quantitative estimate of drug-likeness (QED) is 0.779. The molecule has 0 aliphatic carbocycles. The Morgan fingerprint density at radius 2 is 1.88 bits per heavy atom. The highest BCUT2D eigenvalue weighted by molar-refractivity contribution is 5.57. The van der Waals surface area contributed by atoms with Gasteiger partial charge in [-0.25, -0.2) is 0 Å². The summed E-state index contributed by atoms with van der Waals surface area (Å²) in [6.07, 6.45) is 3.58. The van der Waals surface area contributed by atoms with Crippen LogP contribution >= 0.6 is 0 Å². The Balaban J connectivity index is 2.01. The average Bonchev–Trinajstić information content (AvgIpc) is 2.32. The topological polar surface area (TPSA) is 46.3 Å². The molecule has 0 saturated carbocycles. The number of carbonyl (C=O) groups excluding carboxylic acids is 1. The third kappa shape index (κ3) is 2.61. The van der Waals surface area contributed by atoms with E-state index in [9.17, 15) is 4.79 Å². The first-order chi connectivity index (χ1) is 7.79. The van der Waals surface area contributed by atoms with E-state index in [2.05, 4.69) is 17.0 Å². The Kier molecular flexibility index (Phi) is 3.57. The molecule has 1 heterocycles. The normalized spacial score (nSPS) is 17.4. The number of nitrogens with zero attached hydrogens (tertiary/aromatic N) is 1. The summed E-state index contributed by atoms with van der Waals surface area (Å²) in [6.45, 7) is 2.07. The molecule has 3 heteroatoms. The van der Waals surface area contributed by atoms with Crippen LogP contribution < -0.4 is 10.6 Å². The Bertz CT molecular complexity index is 339. The molecule has 1 aliphatic heterocycles. The van der Waals surface area contributed by atoms with Crippen molar-refractivity contribution in [2.75, 3.05) is 18.0 Å². The molecule has 16 heavy (non-hydrogen) atoms. The fraction of sp³-hybridized carbons (Fsp3) is 0.462. The number of benzene rings is 1. The first-order valence-electron chi connectivity index (χ1n) is 5.82. The molecule has 3 nitrogen and oxygen atoms in total. The molecule has 0 unspecified atom stereocenters. The van der Waals surface area contributed by atoms with Gasteiger partial charge < -0.3 is 15.4 Å². The fourth-order valence-electron chi connectivity index (χ4n) is 2.10. The van der Waals surface area contributed by atoms with Crippen molar-refractivity contribution >= 4 is 12.0 Å². The van der Waals surface area contributed by atoms with Gasteiger partial charge >= 0.3 is 0 Å². The zero-order valence-corrected chi connectivity index (χ0v) is 9.43. The molecule has 0 radical (unpaired) electrons. The fourth-order valence-corrected chi connectivity index (χ4v) is 2.10. The maximum absolute atomic E-state index is 10.4. The molecule has 1 saturated heterocycles. The second-order valence-electron chi connectivity index (χ2n) is 4.36. The van der Waals surface area contributed by atoms with Gasteiger partial charge in [0.15, 0.2) is 0 Å². The third-order valence-corrected chi connectivity index (χ3v) is 3.16. The van der Waals surface area contributed by atoms with Crippen molar-refractivity contribution in [2.24, 2.45) is 5.73 Å². The van der Waals surface area contributed by atoms with E-state index >= 15 is 0 Å². The predicted octanol–water partition coefficient (Wildman–Crippen LogP) is 1.36. The second kappa shape index (κ2) is 5.12. The Labute approximate surface area is 96.2 Å².